The molecule has 1 heterocycles. The molecule has 0 aliphatic heterocycles. The van der Waals surface area contributed by atoms with Crippen LogP contribution in [0, 0.1) is 10.1 Å². The Labute approximate surface area is 90.6 Å². The van der Waals surface area contributed by atoms with Crippen LogP contribution in [-0.4, -0.2) is 26.2 Å². The van der Waals surface area contributed by atoms with Crippen molar-refractivity contribution in [3.8, 4) is 0 Å². The van der Waals surface area contributed by atoms with Crippen LogP contribution in [0.15, 0.2) is 6.20 Å². The van der Waals surface area contributed by atoms with Gasteiger partial charge in [0.25, 0.3) is 0 Å². The number of hydrogen-bond acceptors (Lipinski definition) is 4. The monoisotopic (exact) mass is 235 g/mol. The van der Waals surface area contributed by atoms with Crippen molar-refractivity contribution < 1.29 is 4.92 Å². The Morgan fingerprint density at radius 3 is 3.00 bits per heavy atom. The summed E-state index contributed by atoms with van der Waals surface area (Å²) >= 11 is 7.37. The second kappa shape index (κ2) is 5.21. The Balaban J connectivity index is 2.62. The summed E-state index contributed by atoms with van der Waals surface area (Å²) in [6, 6.07) is 0. The molecule has 78 valence electrons. The lowest BCUT2D eigenvalue weighted by Gasteiger charge is -1.94. The molecule has 0 saturated heterocycles. The van der Waals surface area contributed by atoms with Crippen LogP contribution in [0.3, 0.4) is 0 Å². The lowest BCUT2D eigenvalue weighted by Crippen LogP contribution is -2.01. The lowest BCUT2D eigenvalue weighted by molar-refractivity contribution is -0.389. The zero-order valence-corrected chi connectivity index (χ0v) is 9.22. The highest BCUT2D eigenvalue weighted by Gasteiger charge is 2.18. The van der Waals surface area contributed by atoms with Crippen LogP contribution in [-0.2, 0) is 6.54 Å². The van der Waals surface area contributed by atoms with E-state index < -0.39 is 4.92 Å². The average Bonchev–Trinajstić information content (AvgIpc) is 2.47. The van der Waals surface area contributed by atoms with Crippen LogP contribution in [0.25, 0.3) is 0 Å². The van der Waals surface area contributed by atoms with Crippen LogP contribution in [0.5, 0.6) is 0 Å². The van der Waals surface area contributed by atoms with Crippen LogP contribution in [0.4, 0.5) is 5.82 Å². The molecule has 0 unspecified atom stereocenters. The number of thioether (sulfide) groups is 1. The van der Waals surface area contributed by atoms with E-state index in [2.05, 4.69) is 12.0 Å². The van der Waals surface area contributed by atoms with Crippen molar-refractivity contribution in [3.63, 3.8) is 0 Å². The van der Waals surface area contributed by atoms with Crippen molar-refractivity contribution in [1.29, 1.82) is 0 Å². The molecule has 0 fully saturated rings. The second-order valence-electron chi connectivity index (χ2n) is 2.52. The number of aromatic nitrogens is 2. The third kappa shape index (κ3) is 2.88. The van der Waals surface area contributed by atoms with E-state index in [1.54, 1.807) is 11.8 Å². The first-order valence-electron chi connectivity index (χ1n) is 4.10. The van der Waals surface area contributed by atoms with E-state index in [0.29, 0.717) is 6.54 Å². The summed E-state index contributed by atoms with van der Waals surface area (Å²) in [4.78, 5) is 9.83. The van der Waals surface area contributed by atoms with Crippen LogP contribution >= 0.6 is 23.4 Å². The Kier molecular flexibility index (Phi) is 4.21. The molecule has 0 saturated carbocycles. The fourth-order valence-corrected chi connectivity index (χ4v) is 1.75. The lowest BCUT2D eigenvalue weighted by atomic mass is 10.6. The SMILES string of the molecule is CCSCCn1cc(Cl)c([N+](=O)[O-])n1. The molecule has 0 atom stereocenters. The van der Waals surface area contributed by atoms with Gasteiger partial charge in [-0.25, -0.2) is 0 Å². The van der Waals surface area contributed by atoms with Gasteiger partial charge in [-0.1, -0.05) is 18.5 Å². The molecule has 1 aromatic rings. The maximum atomic E-state index is 10.4. The van der Waals surface area contributed by atoms with Gasteiger partial charge in [0.1, 0.15) is 0 Å². The molecule has 0 spiro atoms. The third-order valence-corrected chi connectivity index (χ3v) is 2.69. The standard InChI is InChI=1S/C7H10ClN3O2S/c1-2-14-4-3-10-5-6(8)7(9-10)11(12)13/h5H,2-4H2,1H3. The molecular weight excluding hydrogens is 226 g/mol. The van der Waals surface area contributed by atoms with Gasteiger partial charge in [-0.2, -0.15) is 16.4 Å². The minimum absolute atomic E-state index is 0.0940. The van der Waals surface area contributed by atoms with Gasteiger partial charge >= 0.3 is 5.82 Å². The first kappa shape index (κ1) is 11.3. The van der Waals surface area contributed by atoms with Gasteiger partial charge in [0.15, 0.2) is 5.02 Å². The predicted octanol–water partition coefficient (Wildman–Crippen LogP) is 2.20. The molecule has 14 heavy (non-hydrogen) atoms. The summed E-state index contributed by atoms with van der Waals surface area (Å²) in [5.41, 5.74) is 0. The van der Waals surface area contributed by atoms with E-state index in [-0.39, 0.29) is 10.8 Å². The molecule has 0 N–H and O–H groups in total. The van der Waals surface area contributed by atoms with Crippen LogP contribution < -0.4 is 0 Å². The van der Waals surface area contributed by atoms with Crippen molar-refractivity contribution >= 4 is 29.2 Å². The van der Waals surface area contributed by atoms with Crippen molar-refractivity contribution in [2.45, 2.75) is 13.5 Å². The molecule has 0 bridgehead atoms. The molecule has 0 aliphatic rings. The number of nitrogens with zero attached hydrogens (tertiary/aromatic N) is 3. The smallest absolute Gasteiger partial charge is 0.358 e. The van der Waals surface area contributed by atoms with Crippen molar-refractivity contribution in [3.05, 3.63) is 21.3 Å². The van der Waals surface area contributed by atoms with E-state index in [9.17, 15) is 10.1 Å². The Hall–Kier alpha value is -0.750. The minimum Gasteiger partial charge on any atom is -0.358 e. The van der Waals surface area contributed by atoms with Gasteiger partial charge in [-0.3, -0.25) is 0 Å². The second-order valence-corrected chi connectivity index (χ2v) is 4.32. The number of hydrogen-bond donors (Lipinski definition) is 0. The molecule has 1 aromatic heterocycles. The highest BCUT2D eigenvalue weighted by molar-refractivity contribution is 7.99. The summed E-state index contributed by atoms with van der Waals surface area (Å²) in [5, 5.41) is 14.3. The Morgan fingerprint density at radius 1 is 1.79 bits per heavy atom. The number of halogens is 1. The van der Waals surface area contributed by atoms with Crippen LogP contribution in [0.2, 0.25) is 5.02 Å². The van der Waals surface area contributed by atoms with E-state index in [0.717, 1.165) is 11.5 Å². The average molecular weight is 236 g/mol. The van der Waals surface area contributed by atoms with E-state index >= 15 is 0 Å². The fourth-order valence-electron chi connectivity index (χ4n) is 0.928. The van der Waals surface area contributed by atoms with Crippen molar-refractivity contribution in [1.82, 2.24) is 9.78 Å². The minimum atomic E-state index is -0.578. The highest BCUT2D eigenvalue weighted by atomic mass is 35.5. The largest absolute Gasteiger partial charge is 0.408 e. The van der Waals surface area contributed by atoms with Gasteiger partial charge in [-0.05, 0) is 10.7 Å². The summed E-state index contributed by atoms with van der Waals surface area (Å²) in [6.07, 6.45) is 1.48. The number of nitro groups is 1. The van der Waals surface area contributed by atoms with E-state index in [4.69, 9.17) is 11.6 Å². The van der Waals surface area contributed by atoms with Gasteiger partial charge < -0.3 is 10.1 Å². The third-order valence-electron chi connectivity index (χ3n) is 1.54. The normalized spacial score (nSPS) is 10.4. The van der Waals surface area contributed by atoms with Gasteiger partial charge in [-0.15, -0.1) is 0 Å². The maximum absolute atomic E-state index is 10.4. The molecule has 0 radical (unpaired) electrons. The summed E-state index contributed by atoms with van der Waals surface area (Å²) in [5.74, 6) is 1.64. The van der Waals surface area contributed by atoms with E-state index in [1.165, 1.54) is 10.9 Å². The van der Waals surface area contributed by atoms with Gasteiger partial charge in [0.05, 0.1) is 17.8 Å². The summed E-state index contributed by atoms with van der Waals surface area (Å²) in [7, 11) is 0. The van der Waals surface area contributed by atoms with E-state index in [1.807, 2.05) is 0 Å². The fraction of sp³-hybridized carbons (Fsp3) is 0.571. The predicted molar refractivity (Wildman–Crippen MR) is 56.9 cm³/mol. The number of aryl methyl sites for hydroxylation is 1. The Bertz CT molecular complexity index is 329. The zero-order valence-electron chi connectivity index (χ0n) is 7.64. The number of rotatable bonds is 5. The molecular formula is C7H10ClN3O2S. The molecule has 7 heteroatoms. The van der Waals surface area contributed by atoms with Gasteiger partial charge in [0, 0.05) is 5.75 Å². The maximum Gasteiger partial charge on any atom is 0.408 e. The summed E-state index contributed by atoms with van der Waals surface area (Å²) in [6.45, 7) is 2.70. The summed E-state index contributed by atoms with van der Waals surface area (Å²) < 4.78 is 1.50. The van der Waals surface area contributed by atoms with Crippen molar-refractivity contribution in [2.75, 3.05) is 11.5 Å². The first-order chi connectivity index (χ1) is 6.65. The molecule has 0 aromatic carbocycles. The quantitative estimate of drug-likeness (QED) is 0.446. The van der Waals surface area contributed by atoms with Gasteiger partial charge in [0.2, 0.25) is 0 Å². The molecule has 0 aliphatic carbocycles. The topological polar surface area (TPSA) is 61.0 Å². The zero-order chi connectivity index (χ0) is 10.6. The highest BCUT2D eigenvalue weighted by Crippen LogP contribution is 2.21. The molecule has 1 rings (SSSR count). The molecule has 5 nitrogen and oxygen atoms in total. The Morgan fingerprint density at radius 2 is 2.50 bits per heavy atom. The molecule has 0 amide bonds. The van der Waals surface area contributed by atoms with Crippen LogP contribution in [0.1, 0.15) is 6.92 Å². The first-order valence-corrected chi connectivity index (χ1v) is 5.63. The van der Waals surface area contributed by atoms with Crippen molar-refractivity contribution in [2.24, 2.45) is 0 Å².